The van der Waals surface area contributed by atoms with Crippen LogP contribution in [0.25, 0.3) is 0 Å². The van der Waals surface area contributed by atoms with Crippen LogP contribution in [0.1, 0.15) is 60.0 Å². The molecule has 0 radical (unpaired) electrons. The summed E-state index contributed by atoms with van der Waals surface area (Å²) in [5.74, 6) is 2.39. The summed E-state index contributed by atoms with van der Waals surface area (Å²) in [6, 6.07) is 12.9. The largest absolute Gasteiger partial charge is 0.478 e. The van der Waals surface area contributed by atoms with Crippen molar-refractivity contribution in [2.75, 3.05) is 32.4 Å². The zero-order valence-corrected chi connectivity index (χ0v) is 20.9. The Labute approximate surface area is 212 Å². The van der Waals surface area contributed by atoms with Crippen molar-refractivity contribution in [3.05, 3.63) is 59.2 Å². The summed E-state index contributed by atoms with van der Waals surface area (Å²) < 4.78 is 16.8. The Bertz CT molecular complexity index is 1050. The lowest BCUT2D eigenvalue weighted by molar-refractivity contribution is -0.0189. The molecule has 186 valence electrons. The lowest BCUT2D eigenvalue weighted by atomic mass is 9.48. The van der Waals surface area contributed by atoms with E-state index in [1.807, 2.05) is 12.1 Å². The Morgan fingerprint density at radius 3 is 2.23 bits per heavy atom. The average molecular weight is 496 g/mol. The van der Waals surface area contributed by atoms with Gasteiger partial charge in [-0.05, 0) is 104 Å². The van der Waals surface area contributed by atoms with E-state index in [0.29, 0.717) is 18.2 Å². The van der Waals surface area contributed by atoms with E-state index in [1.54, 1.807) is 31.4 Å². The summed E-state index contributed by atoms with van der Waals surface area (Å²) in [6.45, 7) is 1.23. The van der Waals surface area contributed by atoms with E-state index in [-0.39, 0.29) is 17.8 Å². The van der Waals surface area contributed by atoms with Crippen LogP contribution < -0.4 is 10.1 Å². The normalized spacial score (nSPS) is 26.5. The highest BCUT2D eigenvalue weighted by Gasteiger charge is 2.52. The van der Waals surface area contributed by atoms with E-state index in [1.165, 1.54) is 44.1 Å². The van der Waals surface area contributed by atoms with Gasteiger partial charge in [0.1, 0.15) is 10.7 Å². The minimum absolute atomic E-state index is 0.144. The number of anilines is 1. The van der Waals surface area contributed by atoms with E-state index in [0.717, 1.165) is 34.8 Å². The molecule has 35 heavy (non-hydrogen) atoms. The van der Waals surface area contributed by atoms with Gasteiger partial charge in [0.2, 0.25) is 0 Å². The number of hydrogen-bond donors (Lipinski definition) is 2. The minimum atomic E-state index is -0.943. The monoisotopic (exact) mass is 495 g/mol. The van der Waals surface area contributed by atoms with Crippen LogP contribution >= 0.6 is 12.2 Å². The Hall–Kier alpha value is -2.48. The van der Waals surface area contributed by atoms with Crippen LogP contribution in [-0.4, -0.2) is 43.2 Å². The lowest BCUT2D eigenvalue weighted by Crippen LogP contribution is -2.48. The minimum Gasteiger partial charge on any atom is -0.478 e. The average Bonchev–Trinajstić information content (AvgIpc) is 2.83. The number of hydrogen-bond acceptors (Lipinski definition) is 5. The number of aromatic carboxylic acids is 1. The fourth-order valence-corrected chi connectivity index (χ4v) is 7.10. The first-order chi connectivity index (χ1) is 17.0. The van der Waals surface area contributed by atoms with Crippen molar-refractivity contribution >= 4 is 28.9 Å². The second-order valence-corrected chi connectivity index (χ2v) is 10.8. The number of nitrogens with one attached hydrogen (secondary N) is 1. The first-order valence-corrected chi connectivity index (χ1v) is 12.9. The molecule has 2 aromatic rings. The van der Waals surface area contributed by atoms with Gasteiger partial charge in [0.15, 0.2) is 6.79 Å². The van der Waals surface area contributed by atoms with E-state index < -0.39 is 5.97 Å². The Morgan fingerprint density at radius 1 is 1.00 bits per heavy atom. The van der Waals surface area contributed by atoms with Crippen LogP contribution in [0.15, 0.2) is 42.5 Å². The standard InChI is InChI=1S/C28H33NO5S/c1-32-8-9-33-17-34-25-7-4-22(26(35)29-23-5-2-21(3-6-23)27(30)31)13-24(25)28-14-18-10-19(15-28)12-20(11-18)16-28/h2-7,13,18-20H,8-12,14-17H2,1H3,(H,29,35)(H,30,31). The van der Waals surface area contributed by atoms with Gasteiger partial charge in [-0.15, -0.1) is 0 Å². The molecule has 4 aliphatic carbocycles. The highest BCUT2D eigenvalue weighted by Crippen LogP contribution is 2.62. The maximum absolute atomic E-state index is 11.1. The zero-order chi connectivity index (χ0) is 24.4. The third-order valence-corrected chi connectivity index (χ3v) is 8.31. The summed E-state index contributed by atoms with van der Waals surface area (Å²) in [4.78, 5) is 11.8. The topological polar surface area (TPSA) is 77.0 Å². The molecule has 0 saturated heterocycles. The fraction of sp³-hybridized carbons (Fsp3) is 0.500. The molecule has 4 bridgehead atoms. The van der Waals surface area contributed by atoms with Crippen LogP contribution in [0.3, 0.4) is 0 Å². The molecule has 0 heterocycles. The highest BCUT2D eigenvalue weighted by atomic mass is 32.1. The molecule has 4 saturated carbocycles. The van der Waals surface area contributed by atoms with E-state index in [4.69, 9.17) is 31.5 Å². The number of benzene rings is 2. The van der Waals surface area contributed by atoms with Gasteiger partial charge in [0, 0.05) is 23.9 Å². The van der Waals surface area contributed by atoms with Gasteiger partial charge in [-0.3, -0.25) is 0 Å². The molecule has 0 atom stereocenters. The molecule has 0 aliphatic heterocycles. The molecule has 0 unspecified atom stereocenters. The summed E-state index contributed by atoms with van der Waals surface area (Å²) in [6.07, 6.45) is 7.80. The fourth-order valence-electron chi connectivity index (χ4n) is 6.86. The summed E-state index contributed by atoms with van der Waals surface area (Å²) >= 11 is 5.76. The molecule has 0 amide bonds. The maximum atomic E-state index is 11.1. The third kappa shape index (κ3) is 5.22. The Morgan fingerprint density at radius 2 is 1.63 bits per heavy atom. The summed E-state index contributed by atoms with van der Waals surface area (Å²) in [7, 11) is 1.66. The van der Waals surface area contributed by atoms with Crippen molar-refractivity contribution in [2.24, 2.45) is 17.8 Å². The number of rotatable bonds is 10. The van der Waals surface area contributed by atoms with Gasteiger partial charge >= 0.3 is 5.97 Å². The van der Waals surface area contributed by atoms with Gasteiger partial charge in [0.25, 0.3) is 0 Å². The van der Waals surface area contributed by atoms with Crippen molar-refractivity contribution < 1.29 is 24.1 Å². The molecule has 2 N–H and O–H groups in total. The molecule has 0 aromatic heterocycles. The summed E-state index contributed by atoms with van der Waals surface area (Å²) in [5, 5.41) is 12.4. The van der Waals surface area contributed by atoms with Crippen molar-refractivity contribution in [2.45, 2.75) is 43.9 Å². The van der Waals surface area contributed by atoms with Gasteiger partial charge in [0.05, 0.1) is 18.8 Å². The molecule has 0 spiro atoms. The molecule has 6 nitrogen and oxygen atoms in total. The van der Waals surface area contributed by atoms with Crippen LogP contribution in [0, 0.1) is 17.8 Å². The molecule has 4 fully saturated rings. The van der Waals surface area contributed by atoms with Crippen LogP contribution in [0.2, 0.25) is 0 Å². The smallest absolute Gasteiger partial charge is 0.335 e. The molecular formula is C28H33NO5S. The van der Waals surface area contributed by atoms with E-state index in [9.17, 15) is 4.79 Å². The Balaban J connectivity index is 1.39. The number of methoxy groups -OCH3 is 1. The maximum Gasteiger partial charge on any atom is 0.335 e. The van der Waals surface area contributed by atoms with Crippen molar-refractivity contribution in [1.29, 1.82) is 0 Å². The van der Waals surface area contributed by atoms with Gasteiger partial charge < -0.3 is 24.6 Å². The van der Waals surface area contributed by atoms with Crippen LogP contribution in [0.5, 0.6) is 5.75 Å². The molecule has 7 heteroatoms. The molecular weight excluding hydrogens is 462 g/mol. The van der Waals surface area contributed by atoms with Crippen molar-refractivity contribution in [3.63, 3.8) is 0 Å². The summed E-state index contributed by atoms with van der Waals surface area (Å²) in [5.41, 5.74) is 3.37. The zero-order valence-electron chi connectivity index (χ0n) is 20.1. The Kier molecular flexibility index (Phi) is 7.09. The third-order valence-electron chi connectivity index (χ3n) is 7.97. The van der Waals surface area contributed by atoms with E-state index >= 15 is 0 Å². The predicted molar refractivity (Wildman–Crippen MR) is 138 cm³/mol. The number of ether oxygens (including phenoxy) is 3. The first-order valence-electron chi connectivity index (χ1n) is 12.4. The lowest BCUT2D eigenvalue weighted by Gasteiger charge is -2.57. The second kappa shape index (κ2) is 10.2. The van der Waals surface area contributed by atoms with Crippen molar-refractivity contribution in [1.82, 2.24) is 0 Å². The molecule has 2 aromatic carbocycles. The molecule has 6 rings (SSSR count). The van der Waals surface area contributed by atoms with Gasteiger partial charge in [-0.25, -0.2) is 4.79 Å². The van der Waals surface area contributed by atoms with E-state index in [2.05, 4.69) is 11.4 Å². The van der Waals surface area contributed by atoms with Gasteiger partial charge in [-0.1, -0.05) is 12.2 Å². The van der Waals surface area contributed by atoms with Crippen LogP contribution in [-0.2, 0) is 14.9 Å². The van der Waals surface area contributed by atoms with Crippen molar-refractivity contribution in [3.8, 4) is 5.75 Å². The number of carboxylic acid groups (broad SMARTS) is 1. The SMILES string of the molecule is COCCOCOc1ccc(C(=S)Nc2ccc(C(=O)O)cc2)cc1C12CC3CC(CC(C3)C1)C2. The van der Waals surface area contributed by atoms with Gasteiger partial charge in [-0.2, -0.15) is 0 Å². The second-order valence-electron chi connectivity index (χ2n) is 10.4. The van der Waals surface area contributed by atoms with Crippen LogP contribution in [0.4, 0.5) is 5.69 Å². The predicted octanol–water partition coefficient (Wildman–Crippen LogP) is 5.64. The first kappa shape index (κ1) is 24.2. The number of thiocarbonyl (C=S) groups is 1. The highest BCUT2D eigenvalue weighted by molar-refractivity contribution is 7.81. The number of carbonyl (C=O) groups is 1. The molecule has 4 aliphatic rings. The quantitative estimate of drug-likeness (QED) is 0.251. The number of carboxylic acids is 1.